The predicted octanol–water partition coefficient (Wildman–Crippen LogP) is 4.24. The highest BCUT2D eigenvalue weighted by Gasteiger charge is 2.01. The van der Waals surface area contributed by atoms with E-state index in [9.17, 15) is 8.76 Å². The van der Waals surface area contributed by atoms with Gasteiger partial charge in [-0.2, -0.15) is 0 Å². The average Bonchev–Trinajstić information content (AvgIpc) is 2.39. The third-order valence-corrected chi connectivity index (χ3v) is 4.32. The molecule has 0 aromatic rings. The van der Waals surface area contributed by atoms with Crippen molar-refractivity contribution in [3.63, 3.8) is 0 Å². The number of hydrogen-bond acceptors (Lipinski definition) is 3. The zero-order valence-electron chi connectivity index (χ0n) is 12.6. The molecule has 0 bridgehead atoms. The second kappa shape index (κ2) is 14.5. The molecule has 2 unspecified atom stereocenters. The summed E-state index contributed by atoms with van der Waals surface area (Å²) in [4.78, 5) is 0. The summed E-state index contributed by atoms with van der Waals surface area (Å²) in [5.41, 5.74) is 5.43. The van der Waals surface area contributed by atoms with Gasteiger partial charge < -0.3 is 10.3 Å². The molecule has 116 valence electrons. The molecule has 0 aliphatic rings. The molecule has 0 saturated heterocycles. The molecule has 3 nitrogen and oxygen atoms in total. The fraction of sp³-hybridized carbons (Fsp3) is 1.00. The highest BCUT2D eigenvalue weighted by molar-refractivity contribution is 7.79. The Balaban J connectivity index is 3.05. The van der Waals surface area contributed by atoms with Crippen molar-refractivity contribution in [2.24, 2.45) is 5.73 Å². The lowest BCUT2D eigenvalue weighted by Gasteiger charge is -2.13. The third kappa shape index (κ3) is 14.3. The summed E-state index contributed by atoms with van der Waals surface area (Å²) >= 11 is -2.10. The minimum Gasteiger partial charge on any atom is -0.771 e. The first-order valence-electron chi connectivity index (χ1n) is 8.02. The minimum atomic E-state index is -2.10. The Labute approximate surface area is 122 Å². The van der Waals surface area contributed by atoms with Crippen LogP contribution in [-0.2, 0) is 11.1 Å². The third-order valence-electron chi connectivity index (χ3n) is 3.59. The number of rotatable bonds is 14. The molecule has 0 fully saturated rings. The van der Waals surface area contributed by atoms with Gasteiger partial charge in [0, 0.05) is 0 Å². The van der Waals surface area contributed by atoms with E-state index < -0.39 is 16.5 Å². The molecular formula is C15H32NO2S-. The molecule has 0 aromatic carbocycles. The van der Waals surface area contributed by atoms with Crippen LogP contribution in [0.5, 0.6) is 0 Å². The molecule has 2 N–H and O–H groups in total. The Morgan fingerprint density at radius 2 is 1.21 bits per heavy atom. The van der Waals surface area contributed by atoms with Gasteiger partial charge in [0.05, 0.1) is 5.37 Å². The molecule has 0 amide bonds. The Morgan fingerprint density at radius 1 is 0.842 bits per heavy atom. The number of hydrogen-bond donors (Lipinski definition) is 1. The van der Waals surface area contributed by atoms with Crippen LogP contribution in [0.4, 0.5) is 0 Å². The van der Waals surface area contributed by atoms with Gasteiger partial charge in [-0.1, -0.05) is 84.0 Å². The molecule has 19 heavy (non-hydrogen) atoms. The molecular weight excluding hydrogens is 258 g/mol. The first kappa shape index (κ1) is 19.1. The second-order valence-electron chi connectivity index (χ2n) is 5.48. The molecule has 4 heteroatoms. The van der Waals surface area contributed by atoms with Crippen LogP contribution in [0.25, 0.3) is 0 Å². The fourth-order valence-corrected chi connectivity index (χ4v) is 2.64. The summed E-state index contributed by atoms with van der Waals surface area (Å²) in [6.07, 6.45) is 16.1. The maximum atomic E-state index is 10.5. The van der Waals surface area contributed by atoms with Crippen molar-refractivity contribution in [1.82, 2.24) is 0 Å². The van der Waals surface area contributed by atoms with Crippen LogP contribution >= 0.6 is 0 Å². The van der Waals surface area contributed by atoms with E-state index >= 15 is 0 Å². The van der Waals surface area contributed by atoms with Crippen LogP contribution in [0.2, 0.25) is 0 Å². The van der Waals surface area contributed by atoms with E-state index in [-0.39, 0.29) is 0 Å². The van der Waals surface area contributed by atoms with Crippen molar-refractivity contribution < 1.29 is 8.76 Å². The summed E-state index contributed by atoms with van der Waals surface area (Å²) in [7, 11) is 0. The Hall–Kier alpha value is 0.0700. The first-order valence-corrected chi connectivity index (χ1v) is 9.16. The Bertz CT molecular complexity index is 212. The van der Waals surface area contributed by atoms with Gasteiger partial charge >= 0.3 is 0 Å². The Morgan fingerprint density at radius 3 is 1.58 bits per heavy atom. The molecule has 0 radical (unpaired) electrons. The van der Waals surface area contributed by atoms with Crippen molar-refractivity contribution in [2.75, 3.05) is 0 Å². The van der Waals surface area contributed by atoms with Gasteiger partial charge in [0.25, 0.3) is 0 Å². The van der Waals surface area contributed by atoms with Gasteiger partial charge in [-0.3, -0.25) is 4.21 Å². The number of nitrogens with two attached hydrogens (primary N) is 1. The molecule has 0 rings (SSSR count). The van der Waals surface area contributed by atoms with Crippen LogP contribution < -0.4 is 5.73 Å². The highest BCUT2D eigenvalue weighted by Crippen LogP contribution is 2.12. The van der Waals surface area contributed by atoms with Crippen molar-refractivity contribution in [1.29, 1.82) is 0 Å². The second-order valence-corrected chi connectivity index (χ2v) is 6.60. The van der Waals surface area contributed by atoms with Crippen LogP contribution in [0.15, 0.2) is 0 Å². The number of unbranched alkanes of at least 4 members (excludes halogenated alkanes) is 11. The summed E-state index contributed by atoms with van der Waals surface area (Å²) in [5, 5.41) is -0.664. The van der Waals surface area contributed by atoms with Crippen LogP contribution in [0.1, 0.15) is 90.4 Å². The molecule has 0 heterocycles. The van der Waals surface area contributed by atoms with Gasteiger partial charge in [-0.15, -0.1) is 0 Å². The van der Waals surface area contributed by atoms with Crippen LogP contribution in [0.3, 0.4) is 0 Å². The zero-order valence-corrected chi connectivity index (χ0v) is 13.4. The summed E-state index contributed by atoms with van der Waals surface area (Å²) in [6, 6.07) is 0. The minimum absolute atomic E-state index is 0.605. The largest absolute Gasteiger partial charge is 0.771 e. The molecule has 0 aromatic heterocycles. The van der Waals surface area contributed by atoms with Crippen molar-refractivity contribution >= 4 is 11.1 Å². The van der Waals surface area contributed by atoms with Gasteiger partial charge in [0.15, 0.2) is 0 Å². The van der Waals surface area contributed by atoms with E-state index in [1.165, 1.54) is 64.2 Å². The lowest BCUT2D eigenvalue weighted by molar-refractivity contribution is 0.505. The molecule has 0 aliphatic heterocycles. The predicted molar refractivity (Wildman–Crippen MR) is 82.6 cm³/mol. The van der Waals surface area contributed by atoms with Crippen molar-refractivity contribution in [2.45, 2.75) is 95.8 Å². The summed E-state index contributed by atoms with van der Waals surface area (Å²) in [6.45, 7) is 2.25. The van der Waals surface area contributed by atoms with E-state index in [1.54, 1.807) is 0 Å². The first-order chi connectivity index (χ1) is 9.18. The van der Waals surface area contributed by atoms with Gasteiger partial charge in [0.2, 0.25) is 0 Å². The van der Waals surface area contributed by atoms with E-state index in [0.29, 0.717) is 6.42 Å². The SMILES string of the molecule is CCCCCCCCCCCCCCC(N)S(=O)[O-]. The average molecular weight is 290 g/mol. The lowest BCUT2D eigenvalue weighted by Crippen LogP contribution is -2.25. The van der Waals surface area contributed by atoms with E-state index in [4.69, 9.17) is 5.73 Å². The van der Waals surface area contributed by atoms with E-state index in [0.717, 1.165) is 12.8 Å². The van der Waals surface area contributed by atoms with Gasteiger partial charge in [-0.25, -0.2) is 0 Å². The maximum Gasteiger partial charge on any atom is 0.0676 e. The normalized spacial score (nSPS) is 14.5. The summed E-state index contributed by atoms with van der Waals surface area (Å²) < 4.78 is 21.0. The molecule has 0 spiro atoms. The molecule has 2 atom stereocenters. The maximum absolute atomic E-state index is 10.5. The van der Waals surface area contributed by atoms with Gasteiger partial charge in [0.1, 0.15) is 0 Å². The quantitative estimate of drug-likeness (QED) is 0.384. The lowest BCUT2D eigenvalue weighted by atomic mass is 10.0. The van der Waals surface area contributed by atoms with Crippen LogP contribution in [0, 0.1) is 0 Å². The smallest absolute Gasteiger partial charge is 0.0676 e. The fourth-order valence-electron chi connectivity index (χ4n) is 2.28. The van der Waals surface area contributed by atoms with Gasteiger partial charge in [-0.05, 0) is 17.5 Å². The van der Waals surface area contributed by atoms with E-state index in [2.05, 4.69) is 6.92 Å². The topological polar surface area (TPSA) is 66.2 Å². The molecule has 0 aliphatic carbocycles. The Kier molecular flexibility index (Phi) is 14.5. The van der Waals surface area contributed by atoms with Crippen molar-refractivity contribution in [3.8, 4) is 0 Å². The standard InChI is InChI=1S/C15H33NO2S/c1-2-3-4-5-6-7-8-9-10-11-12-13-14-15(16)19(17)18/h15H,2-14,16H2,1H3,(H,17,18)/p-1. The monoisotopic (exact) mass is 290 g/mol. The van der Waals surface area contributed by atoms with Crippen molar-refractivity contribution in [3.05, 3.63) is 0 Å². The zero-order chi connectivity index (χ0) is 14.3. The summed E-state index contributed by atoms with van der Waals surface area (Å²) in [5.74, 6) is 0. The highest BCUT2D eigenvalue weighted by atomic mass is 32.2. The molecule has 0 saturated carbocycles. The van der Waals surface area contributed by atoms with Crippen LogP contribution in [-0.4, -0.2) is 14.1 Å². The van der Waals surface area contributed by atoms with E-state index in [1.807, 2.05) is 0 Å².